The first-order valence-electron chi connectivity index (χ1n) is 6.78. The van der Waals surface area contributed by atoms with Gasteiger partial charge in [0.1, 0.15) is 5.82 Å². The molecule has 0 unspecified atom stereocenters. The average molecular weight is 292 g/mol. The molecule has 1 aromatic rings. The summed E-state index contributed by atoms with van der Waals surface area (Å²) in [5.41, 5.74) is 4.84. The van der Waals surface area contributed by atoms with Gasteiger partial charge < -0.3 is 20.5 Å². The predicted molar refractivity (Wildman–Crippen MR) is 79.3 cm³/mol. The van der Waals surface area contributed by atoms with Gasteiger partial charge in [0.05, 0.1) is 12.5 Å². The molecule has 114 valence electrons. The van der Waals surface area contributed by atoms with E-state index in [4.69, 9.17) is 10.5 Å². The van der Waals surface area contributed by atoms with Gasteiger partial charge >= 0.3 is 5.97 Å². The molecule has 0 aromatic carbocycles. The van der Waals surface area contributed by atoms with Crippen LogP contribution in [0.2, 0.25) is 0 Å². The van der Waals surface area contributed by atoms with Gasteiger partial charge in [0.15, 0.2) is 0 Å². The maximum Gasteiger partial charge on any atom is 0.311 e. The van der Waals surface area contributed by atoms with Crippen LogP contribution in [0.3, 0.4) is 0 Å². The lowest BCUT2D eigenvalue weighted by Crippen LogP contribution is -2.48. The van der Waals surface area contributed by atoms with Gasteiger partial charge in [-0.1, -0.05) is 6.08 Å². The first-order valence-corrected chi connectivity index (χ1v) is 6.78. The van der Waals surface area contributed by atoms with Gasteiger partial charge in [-0.05, 0) is 19.3 Å². The van der Waals surface area contributed by atoms with Gasteiger partial charge in [-0.2, -0.15) is 9.97 Å². The zero-order valence-corrected chi connectivity index (χ0v) is 12.1. The first kappa shape index (κ1) is 15.1. The van der Waals surface area contributed by atoms with Gasteiger partial charge in [-0.15, -0.1) is 6.58 Å². The third kappa shape index (κ3) is 3.07. The largest absolute Gasteiger partial charge is 0.481 e. The Kier molecular flexibility index (Phi) is 4.30. The number of nitrogens with zero attached hydrogens (tertiary/aromatic N) is 3. The van der Waals surface area contributed by atoms with Crippen molar-refractivity contribution >= 4 is 17.7 Å². The number of methoxy groups -OCH3 is 1. The summed E-state index contributed by atoms with van der Waals surface area (Å²) in [5, 5.41) is 9.58. The molecule has 0 aliphatic carbocycles. The van der Waals surface area contributed by atoms with Crippen LogP contribution in [0, 0.1) is 5.41 Å². The molecule has 1 fully saturated rings. The van der Waals surface area contributed by atoms with Crippen LogP contribution in [0.5, 0.6) is 5.88 Å². The lowest BCUT2D eigenvalue weighted by molar-refractivity contribution is -0.149. The number of rotatable bonds is 5. The Labute approximate surface area is 123 Å². The van der Waals surface area contributed by atoms with Crippen molar-refractivity contribution in [1.82, 2.24) is 9.97 Å². The van der Waals surface area contributed by atoms with E-state index in [1.807, 2.05) is 4.90 Å². The molecular weight excluding hydrogens is 272 g/mol. The van der Waals surface area contributed by atoms with Crippen molar-refractivity contribution < 1.29 is 14.6 Å². The SMILES string of the molecule is C=CC[C@@]1(C(=O)O)CCCN(c2cc(OC)nc(N)n2)C1. The van der Waals surface area contributed by atoms with E-state index in [2.05, 4.69) is 16.5 Å². The van der Waals surface area contributed by atoms with Gasteiger partial charge in [0.25, 0.3) is 0 Å². The van der Waals surface area contributed by atoms with Crippen LogP contribution in [0.25, 0.3) is 0 Å². The van der Waals surface area contributed by atoms with E-state index < -0.39 is 11.4 Å². The number of piperidine rings is 1. The molecular formula is C14H20N4O3. The molecule has 3 N–H and O–H groups in total. The third-order valence-corrected chi connectivity index (χ3v) is 3.81. The monoisotopic (exact) mass is 292 g/mol. The van der Waals surface area contributed by atoms with E-state index in [0.717, 1.165) is 13.0 Å². The molecule has 1 aliphatic heterocycles. The summed E-state index contributed by atoms with van der Waals surface area (Å²) in [4.78, 5) is 21.7. The molecule has 1 aromatic heterocycles. The molecule has 0 amide bonds. The summed E-state index contributed by atoms with van der Waals surface area (Å²) in [5.74, 6) is 0.266. The number of hydrogen-bond donors (Lipinski definition) is 2. The zero-order chi connectivity index (χ0) is 15.5. The number of nitrogen functional groups attached to an aromatic ring is 1. The van der Waals surface area contributed by atoms with Crippen LogP contribution in [0.1, 0.15) is 19.3 Å². The van der Waals surface area contributed by atoms with Crippen LogP contribution < -0.4 is 15.4 Å². The number of carboxylic acids is 1. The molecule has 1 aliphatic rings. The minimum absolute atomic E-state index is 0.111. The second-order valence-electron chi connectivity index (χ2n) is 5.23. The van der Waals surface area contributed by atoms with Crippen molar-refractivity contribution in [1.29, 1.82) is 0 Å². The second kappa shape index (κ2) is 5.99. The average Bonchev–Trinajstić information content (AvgIpc) is 2.47. The number of aromatic nitrogens is 2. The second-order valence-corrected chi connectivity index (χ2v) is 5.23. The number of hydrogen-bond acceptors (Lipinski definition) is 6. The van der Waals surface area contributed by atoms with Gasteiger partial charge in [-0.3, -0.25) is 4.79 Å². The van der Waals surface area contributed by atoms with Crippen LogP contribution in [-0.2, 0) is 4.79 Å². The Bertz CT molecular complexity index is 549. The van der Waals surface area contributed by atoms with Crippen LogP contribution in [0.4, 0.5) is 11.8 Å². The predicted octanol–water partition coefficient (Wildman–Crippen LogP) is 1.31. The van der Waals surface area contributed by atoms with Crippen LogP contribution in [0.15, 0.2) is 18.7 Å². The number of carbonyl (C=O) groups is 1. The van der Waals surface area contributed by atoms with E-state index >= 15 is 0 Å². The molecule has 2 heterocycles. The van der Waals surface area contributed by atoms with Crippen molar-refractivity contribution in [2.75, 3.05) is 30.8 Å². The molecule has 1 atom stereocenters. The maximum atomic E-state index is 11.7. The molecule has 0 radical (unpaired) electrons. The topological polar surface area (TPSA) is 102 Å². The van der Waals surface area contributed by atoms with Crippen LogP contribution >= 0.6 is 0 Å². The van der Waals surface area contributed by atoms with E-state index in [1.165, 1.54) is 7.11 Å². The highest BCUT2D eigenvalue weighted by molar-refractivity contribution is 5.76. The van der Waals surface area contributed by atoms with Crippen molar-refractivity contribution in [3.63, 3.8) is 0 Å². The van der Waals surface area contributed by atoms with Crippen molar-refractivity contribution in [3.8, 4) is 5.88 Å². The summed E-state index contributed by atoms with van der Waals surface area (Å²) in [7, 11) is 1.50. The summed E-state index contributed by atoms with van der Waals surface area (Å²) >= 11 is 0. The van der Waals surface area contributed by atoms with Crippen molar-refractivity contribution in [3.05, 3.63) is 18.7 Å². The Morgan fingerprint density at radius 3 is 3.05 bits per heavy atom. The number of ether oxygens (including phenoxy) is 1. The maximum absolute atomic E-state index is 11.7. The van der Waals surface area contributed by atoms with Crippen molar-refractivity contribution in [2.24, 2.45) is 5.41 Å². The van der Waals surface area contributed by atoms with Gasteiger partial charge in [0.2, 0.25) is 11.8 Å². The zero-order valence-electron chi connectivity index (χ0n) is 12.1. The molecule has 21 heavy (non-hydrogen) atoms. The Hall–Kier alpha value is -2.31. The fourth-order valence-corrected chi connectivity index (χ4v) is 2.73. The highest BCUT2D eigenvalue weighted by Gasteiger charge is 2.41. The standard InChI is InChI=1S/C14H20N4O3/c1-3-5-14(12(19)20)6-4-7-18(9-14)10-8-11(21-2)17-13(15)16-10/h3,8H,1,4-7,9H2,2H3,(H,19,20)(H2,15,16,17)/t14-/m1/s1. The smallest absolute Gasteiger partial charge is 0.311 e. The minimum atomic E-state index is -0.826. The minimum Gasteiger partial charge on any atom is -0.481 e. The summed E-state index contributed by atoms with van der Waals surface area (Å²) in [6.45, 7) is 4.77. The number of anilines is 2. The Morgan fingerprint density at radius 2 is 2.43 bits per heavy atom. The third-order valence-electron chi connectivity index (χ3n) is 3.81. The van der Waals surface area contributed by atoms with E-state index in [9.17, 15) is 9.90 Å². The fraction of sp³-hybridized carbons (Fsp3) is 0.500. The van der Waals surface area contributed by atoms with E-state index in [1.54, 1.807) is 12.1 Å². The molecule has 0 saturated carbocycles. The highest BCUT2D eigenvalue weighted by atomic mass is 16.5. The van der Waals surface area contributed by atoms with E-state index in [0.29, 0.717) is 31.1 Å². The quantitative estimate of drug-likeness (QED) is 0.789. The molecule has 1 saturated heterocycles. The number of carboxylic acid groups (broad SMARTS) is 1. The summed E-state index contributed by atoms with van der Waals surface area (Å²) in [6, 6.07) is 1.67. The number of aliphatic carboxylic acids is 1. The molecule has 2 rings (SSSR count). The van der Waals surface area contributed by atoms with Gasteiger partial charge in [0, 0.05) is 19.2 Å². The Morgan fingerprint density at radius 1 is 1.67 bits per heavy atom. The fourth-order valence-electron chi connectivity index (χ4n) is 2.73. The summed E-state index contributed by atoms with van der Waals surface area (Å²) < 4.78 is 5.08. The first-order chi connectivity index (χ1) is 10.0. The highest BCUT2D eigenvalue weighted by Crippen LogP contribution is 2.36. The molecule has 7 nitrogen and oxygen atoms in total. The Balaban J connectivity index is 2.30. The van der Waals surface area contributed by atoms with Gasteiger partial charge in [-0.25, -0.2) is 0 Å². The molecule has 7 heteroatoms. The van der Waals surface area contributed by atoms with Crippen LogP contribution in [-0.4, -0.2) is 41.2 Å². The lowest BCUT2D eigenvalue weighted by atomic mass is 9.77. The number of allylic oxidation sites excluding steroid dienone is 1. The normalized spacial score (nSPS) is 21.9. The molecule has 0 bridgehead atoms. The molecule has 0 spiro atoms. The summed E-state index contributed by atoms with van der Waals surface area (Å²) in [6.07, 6.45) is 3.48. The lowest BCUT2D eigenvalue weighted by Gasteiger charge is -2.40. The van der Waals surface area contributed by atoms with E-state index in [-0.39, 0.29) is 5.95 Å². The number of nitrogens with two attached hydrogens (primary N) is 1. The van der Waals surface area contributed by atoms with Crippen molar-refractivity contribution in [2.45, 2.75) is 19.3 Å².